The predicted molar refractivity (Wildman–Crippen MR) is 121 cm³/mol. The number of aromatic amines is 1. The number of morpholine rings is 1. The van der Waals surface area contributed by atoms with Crippen molar-refractivity contribution in [1.82, 2.24) is 9.97 Å². The second-order valence-corrected chi connectivity index (χ2v) is 7.65. The first kappa shape index (κ1) is 21.0. The van der Waals surface area contributed by atoms with Gasteiger partial charge in [0.25, 0.3) is 11.5 Å². The molecule has 162 valence electrons. The van der Waals surface area contributed by atoms with Crippen molar-refractivity contribution < 1.29 is 14.4 Å². The fourth-order valence-electron chi connectivity index (χ4n) is 3.85. The Balaban J connectivity index is 1.44. The predicted octanol–water partition coefficient (Wildman–Crippen LogP) is 0.803. The van der Waals surface area contributed by atoms with Crippen LogP contribution in [0.2, 0.25) is 0 Å². The van der Waals surface area contributed by atoms with Crippen LogP contribution in [0.5, 0.6) is 0 Å². The Morgan fingerprint density at radius 1 is 1.16 bits per heavy atom. The van der Waals surface area contributed by atoms with Gasteiger partial charge >= 0.3 is 0 Å². The van der Waals surface area contributed by atoms with E-state index in [4.69, 9.17) is 4.74 Å². The highest BCUT2D eigenvalue weighted by Crippen LogP contribution is 2.26. The van der Waals surface area contributed by atoms with Gasteiger partial charge in [-0.25, -0.2) is 4.98 Å². The van der Waals surface area contributed by atoms with Crippen LogP contribution in [-0.2, 0) is 16.1 Å². The fraction of sp³-hybridized carbons (Fsp3) is 0.348. The highest BCUT2D eigenvalue weighted by atomic mass is 16.5. The Bertz CT molecular complexity index is 1110. The van der Waals surface area contributed by atoms with E-state index in [1.807, 2.05) is 49.4 Å². The summed E-state index contributed by atoms with van der Waals surface area (Å²) in [6.07, 6.45) is 0. The summed E-state index contributed by atoms with van der Waals surface area (Å²) in [6.45, 7) is 6.48. The van der Waals surface area contributed by atoms with Crippen LogP contribution in [0.15, 0.2) is 53.3 Å². The number of carbonyl (C=O) groups is 1. The van der Waals surface area contributed by atoms with Crippen molar-refractivity contribution in [3.63, 3.8) is 0 Å². The number of benzene rings is 2. The molecule has 0 radical (unpaired) electrons. The van der Waals surface area contributed by atoms with Crippen LogP contribution >= 0.6 is 0 Å². The van der Waals surface area contributed by atoms with E-state index >= 15 is 0 Å². The number of nitrogens with zero attached hydrogens (tertiary/aromatic N) is 2. The zero-order valence-electron chi connectivity index (χ0n) is 17.7. The smallest absolute Gasteiger partial charge is 0.279 e. The SMILES string of the molecule is CC[NH+](CC(=O)Nc1ccccc1N1CCOCC1)Cc1nc2ccccc2c(=O)[nH]1. The van der Waals surface area contributed by atoms with E-state index < -0.39 is 0 Å². The standard InChI is InChI=1S/C23H27N5O3/c1-2-27(15-21-24-18-8-4-3-7-17(18)23(30)26-21)16-22(29)25-19-9-5-6-10-20(19)28-11-13-31-14-12-28/h3-10H,2,11-16H2,1H3,(H,25,29)(H,24,26,30)/p+1. The molecule has 0 bridgehead atoms. The van der Waals surface area contributed by atoms with Crippen LogP contribution in [-0.4, -0.2) is 55.3 Å². The van der Waals surface area contributed by atoms with Gasteiger partial charge in [0.15, 0.2) is 12.4 Å². The van der Waals surface area contributed by atoms with Gasteiger partial charge in [0.2, 0.25) is 0 Å². The molecule has 1 saturated heterocycles. The van der Waals surface area contributed by atoms with E-state index in [1.54, 1.807) is 6.07 Å². The van der Waals surface area contributed by atoms with Crippen molar-refractivity contribution >= 4 is 28.2 Å². The van der Waals surface area contributed by atoms with Crippen molar-refractivity contribution in [1.29, 1.82) is 0 Å². The maximum absolute atomic E-state index is 12.8. The van der Waals surface area contributed by atoms with Gasteiger partial charge in [-0.05, 0) is 31.2 Å². The largest absolute Gasteiger partial charge is 0.378 e. The van der Waals surface area contributed by atoms with E-state index in [0.717, 1.165) is 35.9 Å². The number of rotatable bonds is 7. The molecule has 0 saturated carbocycles. The topological polar surface area (TPSA) is 91.8 Å². The summed E-state index contributed by atoms with van der Waals surface area (Å²) in [7, 11) is 0. The monoisotopic (exact) mass is 422 g/mol. The lowest BCUT2D eigenvalue weighted by atomic mass is 10.2. The minimum atomic E-state index is -0.153. The Morgan fingerprint density at radius 2 is 1.90 bits per heavy atom. The molecule has 1 atom stereocenters. The number of H-pyrrole nitrogens is 1. The molecule has 1 amide bonds. The molecule has 8 heteroatoms. The molecule has 3 N–H and O–H groups in total. The van der Waals surface area contributed by atoms with Gasteiger partial charge in [-0.15, -0.1) is 0 Å². The maximum atomic E-state index is 12.8. The summed E-state index contributed by atoms with van der Waals surface area (Å²) in [4.78, 5) is 35.8. The molecule has 8 nitrogen and oxygen atoms in total. The van der Waals surface area contributed by atoms with Crippen LogP contribution in [0, 0.1) is 0 Å². The van der Waals surface area contributed by atoms with Gasteiger partial charge in [-0.3, -0.25) is 9.59 Å². The molecular formula is C23H28N5O3+. The lowest BCUT2D eigenvalue weighted by Crippen LogP contribution is -3.11. The highest BCUT2D eigenvalue weighted by molar-refractivity contribution is 5.95. The molecule has 1 unspecified atom stereocenters. The number of amides is 1. The Labute approximate surface area is 180 Å². The van der Waals surface area contributed by atoms with Crippen LogP contribution in [0.4, 0.5) is 11.4 Å². The maximum Gasteiger partial charge on any atom is 0.279 e. The third kappa shape index (κ3) is 5.10. The number of carbonyl (C=O) groups excluding carboxylic acids is 1. The van der Waals surface area contributed by atoms with Crippen LogP contribution < -0.4 is 20.7 Å². The summed E-state index contributed by atoms with van der Waals surface area (Å²) in [5.74, 6) is 0.516. The van der Waals surface area contributed by atoms with Crippen molar-refractivity contribution in [2.24, 2.45) is 0 Å². The minimum Gasteiger partial charge on any atom is -0.378 e. The molecule has 3 aromatic rings. The number of quaternary nitrogens is 1. The molecule has 31 heavy (non-hydrogen) atoms. The zero-order valence-corrected chi connectivity index (χ0v) is 17.7. The van der Waals surface area contributed by atoms with Gasteiger partial charge < -0.3 is 24.8 Å². The Hall–Kier alpha value is -3.23. The second kappa shape index (κ2) is 9.72. The number of likely N-dealkylation sites (N-methyl/N-ethyl adjacent to an activating group) is 1. The van der Waals surface area contributed by atoms with Crippen molar-refractivity contribution in [2.45, 2.75) is 13.5 Å². The summed E-state index contributed by atoms with van der Waals surface area (Å²) >= 11 is 0. The molecule has 4 rings (SSSR count). The molecule has 0 spiro atoms. The molecule has 1 fully saturated rings. The molecular weight excluding hydrogens is 394 g/mol. The molecule has 1 aliphatic rings. The van der Waals surface area contributed by atoms with E-state index in [0.29, 0.717) is 36.5 Å². The first-order chi connectivity index (χ1) is 15.1. The normalized spacial score (nSPS) is 15.1. The number of aromatic nitrogens is 2. The van der Waals surface area contributed by atoms with E-state index in [-0.39, 0.29) is 18.0 Å². The lowest BCUT2D eigenvalue weighted by Gasteiger charge is -2.30. The number of anilines is 2. The molecule has 1 aromatic heterocycles. The van der Waals surface area contributed by atoms with Gasteiger partial charge in [-0.2, -0.15) is 0 Å². The van der Waals surface area contributed by atoms with E-state index in [1.165, 1.54) is 0 Å². The first-order valence-electron chi connectivity index (χ1n) is 10.7. The average molecular weight is 423 g/mol. The number of hydrogen-bond donors (Lipinski definition) is 3. The van der Waals surface area contributed by atoms with Gasteiger partial charge in [0.05, 0.1) is 42.0 Å². The van der Waals surface area contributed by atoms with Crippen LogP contribution in [0.25, 0.3) is 10.9 Å². The number of para-hydroxylation sites is 3. The number of ether oxygens (including phenoxy) is 1. The summed E-state index contributed by atoms with van der Waals surface area (Å²) in [5, 5.41) is 3.64. The van der Waals surface area contributed by atoms with Gasteiger partial charge in [0.1, 0.15) is 6.54 Å². The van der Waals surface area contributed by atoms with Crippen molar-refractivity contribution in [3.05, 3.63) is 64.7 Å². The quantitative estimate of drug-likeness (QED) is 0.524. The Kier molecular flexibility index (Phi) is 6.59. The summed E-state index contributed by atoms with van der Waals surface area (Å²) in [5.41, 5.74) is 2.33. The number of fused-ring (bicyclic) bond motifs is 1. The third-order valence-electron chi connectivity index (χ3n) is 5.52. The molecule has 2 aromatic carbocycles. The molecule has 1 aliphatic heterocycles. The van der Waals surface area contributed by atoms with Crippen molar-refractivity contribution in [2.75, 3.05) is 49.6 Å². The van der Waals surface area contributed by atoms with E-state index in [2.05, 4.69) is 20.2 Å². The fourth-order valence-corrected chi connectivity index (χ4v) is 3.85. The van der Waals surface area contributed by atoms with Gasteiger partial charge in [0, 0.05) is 13.1 Å². The summed E-state index contributed by atoms with van der Waals surface area (Å²) < 4.78 is 5.44. The summed E-state index contributed by atoms with van der Waals surface area (Å²) in [6, 6.07) is 15.1. The zero-order chi connectivity index (χ0) is 21.6. The van der Waals surface area contributed by atoms with Crippen molar-refractivity contribution in [3.8, 4) is 0 Å². The van der Waals surface area contributed by atoms with Crippen LogP contribution in [0.1, 0.15) is 12.7 Å². The van der Waals surface area contributed by atoms with Gasteiger partial charge in [-0.1, -0.05) is 24.3 Å². The molecule has 0 aliphatic carbocycles. The highest BCUT2D eigenvalue weighted by Gasteiger charge is 2.19. The Morgan fingerprint density at radius 3 is 2.71 bits per heavy atom. The average Bonchev–Trinajstić information content (AvgIpc) is 2.79. The third-order valence-corrected chi connectivity index (χ3v) is 5.52. The first-order valence-corrected chi connectivity index (χ1v) is 10.7. The second-order valence-electron chi connectivity index (χ2n) is 7.65. The number of hydrogen-bond acceptors (Lipinski definition) is 5. The lowest BCUT2D eigenvalue weighted by molar-refractivity contribution is -0.904. The molecule has 2 heterocycles. The minimum absolute atomic E-state index is 0.0688. The number of nitrogens with one attached hydrogen (secondary N) is 3. The van der Waals surface area contributed by atoms with E-state index in [9.17, 15) is 9.59 Å². The van der Waals surface area contributed by atoms with Crippen LogP contribution in [0.3, 0.4) is 0 Å².